The van der Waals surface area contributed by atoms with Crippen molar-refractivity contribution in [2.45, 2.75) is 17.7 Å². The highest BCUT2D eigenvalue weighted by Gasteiger charge is 2.30. The van der Waals surface area contributed by atoms with Crippen molar-refractivity contribution in [3.05, 3.63) is 29.8 Å². The molecule has 1 aromatic rings. The molecule has 0 aliphatic carbocycles. The van der Waals surface area contributed by atoms with Gasteiger partial charge in [-0.05, 0) is 30.9 Å². The molecule has 2 N–H and O–H groups in total. The van der Waals surface area contributed by atoms with Crippen LogP contribution in [0.2, 0.25) is 0 Å². The molecule has 1 saturated heterocycles. The van der Waals surface area contributed by atoms with E-state index in [1.165, 1.54) is 10.4 Å². The monoisotopic (exact) mass is 309 g/mol. The van der Waals surface area contributed by atoms with Gasteiger partial charge in [-0.15, -0.1) is 0 Å². The highest BCUT2D eigenvalue weighted by molar-refractivity contribution is 7.89. The Morgan fingerprint density at radius 3 is 2.48 bits per heavy atom. The lowest BCUT2D eigenvalue weighted by atomic mass is 10.00. The molecule has 0 bridgehead atoms. The van der Waals surface area contributed by atoms with Crippen molar-refractivity contribution in [2.75, 3.05) is 26.3 Å². The van der Waals surface area contributed by atoms with Crippen LogP contribution in [0, 0.1) is 17.8 Å². The molecule has 1 heterocycles. The first-order valence-electron chi connectivity index (χ1n) is 6.89. The average Bonchev–Trinajstić information content (AvgIpc) is 2.53. The molecule has 1 fully saturated rings. The lowest BCUT2D eigenvalue weighted by molar-refractivity contribution is 0.170. The largest absolute Gasteiger partial charge is 0.396 e. The number of nitrogens with zero attached hydrogens (tertiary/aromatic N) is 1. The van der Waals surface area contributed by atoms with E-state index in [0.717, 1.165) is 0 Å². The van der Waals surface area contributed by atoms with Gasteiger partial charge in [0.15, 0.2) is 0 Å². The summed E-state index contributed by atoms with van der Waals surface area (Å²) in [6.45, 7) is 0.618. The summed E-state index contributed by atoms with van der Waals surface area (Å²) in [7, 11) is -3.59. The van der Waals surface area contributed by atoms with Crippen LogP contribution < -0.4 is 0 Å². The van der Waals surface area contributed by atoms with Crippen molar-refractivity contribution in [1.29, 1.82) is 0 Å². The maximum Gasteiger partial charge on any atom is 0.244 e. The highest BCUT2D eigenvalue weighted by atomic mass is 32.2. The molecule has 1 aliphatic rings. The summed E-state index contributed by atoms with van der Waals surface area (Å²) in [5, 5.41) is 17.9. The second-order valence-corrected chi connectivity index (χ2v) is 6.89. The van der Waals surface area contributed by atoms with E-state index >= 15 is 0 Å². The topological polar surface area (TPSA) is 77.8 Å². The molecular weight excluding hydrogens is 290 g/mol. The van der Waals surface area contributed by atoms with Gasteiger partial charge in [-0.1, -0.05) is 24.0 Å². The predicted octanol–water partition coefficient (Wildman–Crippen LogP) is 0.423. The van der Waals surface area contributed by atoms with Gasteiger partial charge in [-0.25, -0.2) is 8.42 Å². The number of hydrogen-bond donors (Lipinski definition) is 2. The van der Waals surface area contributed by atoms with E-state index in [1.807, 2.05) is 0 Å². The van der Waals surface area contributed by atoms with Crippen molar-refractivity contribution in [2.24, 2.45) is 5.92 Å². The van der Waals surface area contributed by atoms with E-state index in [2.05, 4.69) is 11.8 Å². The third kappa shape index (κ3) is 3.63. The predicted molar refractivity (Wildman–Crippen MR) is 79.0 cm³/mol. The summed E-state index contributed by atoms with van der Waals surface area (Å²) >= 11 is 0. The summed E-state index contributed by atoms with van der Waals surface area (Å²) in [6.07, 6.45) is 1.33. The summed E-state index contributed by atoms with van der Waals surface area (Å²) in [6, 6.07) is 6.56. The first-order chi connectivity index (χ1) is 10.1. The normalized spacial score (nSPS) is 17.2. The summed E-state index contributed by atoms with van der Waals surface area (Å²) in [5.74, 6) is 5.35. The summed E-state index contributed by atoms with van der Waals surface area (Å²) in [5.41, 5.74) is 0.399. The second-order valence-electron chi connectivity index (χ2n) is 4.99. The van der Waals surface area contributed by atoms with Crippen molar-refractivity contribution in [3.8, 4) is 11.8 Å². The second kappa shape index (κ2) is 7.05. The molecule has 0 radical (unpaired) electrons. The van der Waals surface area contributed by atoms with Crippen LogP contribution in [0.1, 0.15) is 18.4 Å². The molecule has 21 heavy (non-hydrogen) atoms. The molecule has 0 spiro atoms. The Bertz CT molecular complexity index is 637. The molecule has 114 valence electrons. The van der Waals surface area contributed by atoms with E-state index in [-0.39, 0.29) is 24.0 Å². The van der Waals surface area contributed by atoms with Gasteiger partial charge in [0.25, 0.3) is 0 Å². The average molecular weight is 309 g/mol. The van der Waals surface area contributed by atoms with Crippen LogP contribution in [0.25, 0.3) is 0 Å². The number of aliphatic hydroxyl groups is 2. The zero-order valence-corrected chi connectivity index (χ0v) is 12.5. The van der Waals surface area contributed by atoms with Gasteiger partial charge in [0.2, 0.25) is 10.0 Å². The van der Waals surface area contributed by atoms with Gasteiger partial charge in [0, 0.05) is 25.3 Å². The molecule has 0 atom stereocenters. The fourth-order valence-electron chi connectivity index (χ4n) is 2.40. The van der Waals surface area contributed by atoms with Crippen molar-refractivity contribution in [3.63, 3.8) is 0 Å². The van der Waals surface area contributed by atoms with E-state index in [1.54, 1.807) is 18.2 Å². The molecular formula is C15H19NO4S. The van der Waals surface area contributed by atoms with E-state index < -0.39 is 10.0 Å². The van der Waals surface area contributed by atoms with E-state index in [9.17, 15) is 8.42 Å². The Morgan fingerprint density at radius 2 is 1.86 bits per heavy atom. The van der Waals surface area contributed by atoms with Gasteiger partial charge in [-0.2, -0.15) is 4.31 Å². The van der Waals surface area contributed by atoms with Gasteiger partial charge < -0.3 is 10.2 Å². The number of aliphatic hydroxyl groups excluding tert-OH is 2. The Balaban J connectivity index is 2.28. The van der Waals surface area contributed by atoms with Gasteiger partial charge in [0.05, 0.1) is 4.90 Å². The standard InChI is InChI=1S/C15H19NO4S/c17-11-3-5-14-4-1-2-6-15(14)21(19,20)16-9-7-13(12-18)8-10-16/h1-2,4,6,13,17-18H,7-12H2. The van der Waals surface area contributed by atoms with Crippen LogP contribution in [0.3, 0.4) is 0 Å². The van der Waals surface area contributed by atoms with Crippen LogP contribution in [0.15, 0.2) is 29.2 Å². The molecule has 0 unspecified atom stereocenters. The number of benzene rings is 1. The Labute approximate surface area is 125 Å². The Hall–Kier alpha value is -1.39. The third-order valence-corrected chi connectivity index (χ3v) is 5.60. The lowest BCUT2D eigenvalue weighted by Gasteiger charge is -2.30. The maximum atomic E-state index is 12.7. The molecule has 5 nitrogen and oxygen atoms in total. The van der Waals surface area contributed by atoms with Crippen molar-refractivity contribution in [1.82, 2.24) is 4.31 Å². The van der Waals surface area contributed by atoms with Crippen molar-refractivity contribution >= 4 is 10.0 Å². The number of hydrogen-bond acceptors (Lipinski definition) is 4. The van der Waals surface area contributed by atoms with Crippen LogP contribution >= 0.6 is 0 Å². The van der Waals surface area contributed by atoms with Crippen LogP contribution in [0.5, 0.6) is 0 Å². The quantitative estimate of drug-likeness (QED) is 0.794. The molecule has 6 heteroatoms. The fraction of sp³-hybridized carbons (Fsp3) is 0.467. The molecule has 0 amide bonds. The first kappa shape index (κ1) is 16.0. The van der Waals surface area contributed by atoms with Gasteiger partial charge in [0.1, 0.15) is 6.61 Å². The fourth-order valence-corrected chi connectivity index (χ4v) is 4.02. The third-order valence-electron chi connectivity index (χ3n) is 3.64. The minimum atomic E-state index is -3.59. The minimum absolute atomic E-state index is 0.104. The summed E-state index contributed by atoms with van der Waals surface area (Å²) in [4.78, 5) is 0.174. The van der Waals surface area contributed by atoms with Crippen LogP contribution in [0.4, 0.5) is 0 Å². The molecule has 2 rings (SSSR count). The minimum Gasteiger partial charge on any atom is -0.396 e. The summed E-state index contributed by atoms with van der Waals surface area (Å²) < 4.78 is 26.8. The highest BCUT2D eigenvalue weighted by Crippen LogP contribution is 2.25. The van der Waals surface area contributed by atoms with E-state index in [0.29, 0.717) is 31.5 Å². The zero-order chi connectivity index (χ0) is 15.3. The van der Waals surface area contributed by atoms with Gasteiger partial charge >= 0.3 is 0 Å². The first-order valence-corrected chi connectivity index (χ1v) is 8.33. The molecule has 1 aliphatic heterocycles. The lowest BCUT2D eigenvalue weighted by Crippen LogP contribution is -2.39. The Kier molecular flexibility index (Phi) is 5.37. The van der Waals surface area contributed by atoms with E-state index in [4.69, 9.17) is 10.2 Å². The zero-order valence-electron chi connectivity index (χ0n) is 11.7. The van der Waals surface area contributed by atoms with Crippen LogP contribution in [-0.4, -0.2) is 49.2 Å². The number of rotatable bonds is 3. The van der Waals surface area contributed by atoms with Crippen LogP contribution in [-0.2, 0) is 10.0 Å². The number of piperidine rings is 1. The molecule has 0 aromatic heterocycles. The van der Waals surface area contributed by atoms with Gasteiger partial charge in [-0.3, -0.25) is 0 Å². The smallest absolute Gasteiger partial charge is 0.244 e. The maximum absolute atomic E-state index is 12.7. The molecule has 0 saturated carbocycles. The number of sulfonamides is 1. The van der Waals surface area contributed by atoms with Crippen molar-refractivity contribution < 1.29 is 18.6 Å². The Morgan fingerprint density at radius 1 is 1.19 bits per heavy atom. The molecule has 1 aromatic carbocycles. The SMILES string of the molecule is O=S(=O)(c1ccccc1C#CCO)N1CCC(CO)CC1.